The topological polar surface area (TPSA) is 75.7 Å². The van der Waals surface area contributed by atoms with Crippen molar-refractivity contribution in [3.63, 3.8) is 0 Å². The number of carbonyl (C=O) groups is 3. The molecule has 2 rings (SSSR count). The molecule has 25 heavy (non-hydrogen) atoms. The molecule has 1 aromatic carbocycles. The smallest absolute Gasteiger partial charge is 0.327 e. The number of urea groups is 1. The Bertz CT molecular complexity index is 687. The van der Waals surface area contributed by atoms with Crippen molar-refractivity contribution in [2.24, 2.45) is 5.92 Å². The SMILES string of the molecule is C#CCC(OC(=O)C(c1ccc(C)cc1)C(C)C)N1C(=O)CNC1=O. The first kappa shape index (κ1) is 18.5. The molecule has 0 aliphatic carbocycles. The summed E-state index contributed by atoms with van der Waals surface area (Å²) in [6.45, 7) is 5.67. The minimum atomic E-state index is -1.10. The van der Waals surface area contributed by atoms with Gasteiger partial charge in [0.15, 0.2) is 6.23 Å². The van der Waals surface area contributed by atoms with Crippen molar-refractivity contribution in [1.82, 2.24) is 10.2 Å². The van der Waals surface area contributed by atoms with Crippen molar-refractivity contribution >= 4 is 17.9 Å². The number of amides is 3. The van der Waals surface area contributed by atoms with Gasteiger partial charge in [-0.3, -0.25) is 9.59 Å². The summed E-state index contributed by atoms with van der Waals surface area (Å²) in [5.41, 5.74) is 1.91. The molecule has 0 spiro atoms. The van der Waals surface area contributed by atoms with Crippen molar-refractivity contribution in [2.75, 3.05) is 6.54 Å². The van der Waals surface area contributed by atoms with Gasteiger partial charge in [-0.1, -0.05) is 43.7 Å². The van der Waals surface area contributed by atoms with Crippen LogP contribution in [0.4, 0.5) is 4.79 Å². The van der Waals surface area contributed by atoms with Gasteiger partial charge < -0.3 is 10.1 Å². The summed E-state index contributed by atoms with van der Waals surface area (Å²) in [5, 5.41) is 2.40. The Hall–Kier alpha value is -2.81. The molecule has 1 N–H and O–H groups in total. The van der Waals surface area contributed by atoms with Crippen molar-refractivity contribution in [2.45, 2.75) is 39.3 Å². The van der Waals surface area contributed by atoms with Crippen LogP contribution in [0.2, 0.25) is 0 Å². The van der Waals surface area contributed by atoms with E-state index in [9.17, 15) is 14.4 Å². The van der Waals surface area contributed by atoms with Gasteiger partial charge in [-0.15, -0.1) is 12.3 Å². The Morgan fingerprint density at radius 3 is 2.44 bits per heavy atom. The Morgan fingerprint density at radius 1 is 1.32 bits per heavy atom. The number of ether oxygens (including phenoxy) is 1. The third kappa shape index (κ3) is 4.18. The maximum Gasteiger partial charge on any atom is 0.327 e. The number of imide groups is 1. The second-order valence-electron chi connectivity index (χ2n) is 6.35. The molecule has 132 valence electrons. The lowest BCUT2D eigenvalue weighted by molar-refractivity contribution is -0.161. The van der Waals surface area contributed by atoms with Crippen molar-refractivity contribution in [3.8, 4) is 12.3 Å². The minimum Gasteiger partial charge on any atom is -0.439 e. The summed E-state index contributed by atoms with van der Waals surface area (Å²) in [6.07, 6.45) is 4.17. The number of benzene rings is 1. The zero-order chi connectivity index (χ0) is 18.6. The first-order valence-corrected chi connectivity index (χ1v) is 8.15. The lowest BCUT2D eigenvalue weighted by Gasteiger charge is -2.27. The molecule has 1 aliphatic rings. The molecule has 2 atom stereocenters. The summed E-state index contributed by atoms with van der Waals surface area (Å²) in [6, 6.07) is 7.01. The van der Waals surface area contributed by atoms with Crippen LogP contribution in [0.3, 0.4) is 0 Å². The maximum atomic E-state index is 12.8. The third-order valence-corrected chi connectivity index (χ3v) is 4.07. The first-order chi connectivity index (χ1) is 11.8. The highest BCUT2D eigenvalue weighted by Gasteiger charge is 2.38. The quantitative estimate of drug-likeness (QED) is 0.488. The highest BCUT2D eigenvalue weighted by atomic mass is 16.6. The average molecular weight is 342 g/mol. The second kappa shape index (κ2) is 7.84. The number of rotatable bonds is 6. The van der Waals surface area contributed by atoms with Gasteiger partial charge in [0.05, 0.1) is 18.9 Å². The fraction of sp³-hybridized carbons (Fsp3) is 0.421. The number of carbonyl (C=O) groups excluding carboxylic acids is 3. The van der Waals surface area contributed by atoms with Crippen LogP contribution in [0.5, 0.6) is 0 Å². The molecule has 3 amide bonds. The number of terminal acetylenes is 1. The van der Waals surface area contributed by atoms with Crippen molar-refractivity contribution in [1.29, 1.82) is 0 Å². The summed E-state index contributed by atoms with van der Waals surface area (Å²) in [4.78, 5) is 37.3. The second-order valence-corrected chi connectivity index (χ2v) is 6.35. The lowest BCUT2D eigenvalue weighted by atomic mass is 9.88. The zero-order valence-electron chi connectivity index (χ0n) is 14.6. The van der Waals surface area contributed by atoms with Crippen molar-refractivity contribution < 1.29 is 19.1 Å². The van der Waals surface area contributed by atoms with E-state index in [0.717, 1.165) is 16.0 Å². The highest BCUT2D eigenvalue weighted by Crippen LogP contribution is 2.27. The Kier molecular flexibility index (Phi) is 5.81. The molecule has 0 saturated carbocycles. The summed E-state index contributed by atoms with van der Waals surface area (Å²) in [7, 11) is 0. The fourth-order valence-electron chi connectivity index (χ4n) is 2.79. The van der Waals surface area contributed by atoms with Crippen LogP contribution in [0.25, 0.3) is 0 Å². The van der Waals surface area contributed by atoms with Crippen molar-refractivity contribution in [3.05, 3.63) is 35.4 Å². The third-order valence-electron chi connectivity index (χ3n) is 4.07. The molecular weight excluding hydrogens is 320 g/mol. The average Bonchev–Trinajstić information content (AvgIpc) is 2.87. The van der Waals surface area contributed by atoms with Crippen LogP contribution < -0.4 is 5.32 Å². The van der Waals surface area contributed by atoms with Crippen LogP contribution in [0.1, 0.15) is 37.3 Å². The van der Waals surface area contributed by atoms with E-state index >= 15 is 0 Å². The van der Waals surface area contributed by atoms with E-state index in [-0.39, 0.29) is 18.9 Å². The molecule has 6 nitrogen and oxygen atoms in total. The molecule has 1 saturated heterocycles. The zero-order valence-corrected chi connectivity index (χ0v) is 14.6. The van der Waals surface area contributed by atoms with E-state index in [4.69, 9.17) is 11.2 Å². The Balaban J connectivity index is 2.23. The number of aryl methyl sites for hydroxylation is 1. The molecule has 0 bridgehead atoms. The van der Waals surface area contributed by atoms with E-state index in [0.29, 0.717) is 0 Å². The number of esters is 1. The number of nitrogens with one attached hydrogen (secondary N) is 1. The predicted octanol–water partition coefficient (Wildman–Crippen LogP) is 2.18. The van der Waals surface area contributed by atoms with Gasteiger partial charge in [0, 0.05) is 0 Å². The largest absolute Gasteiger partial charge is 0.439 e. The summed E-state index contributed by atoms with van der Waals surface area (Å²) < 4.78 is 5.49. The molecule has 2 unspecified atom stereocenters. The van der Waals surface area contributed by atoms with Gasteiger partial charge >= 0.3 is 12.0 Å². The Labute approximate surface area is 147 Å². The minimum absolute atomic E-state index is 0.0233. The fourth-order valence-corrected chi connectivity index (χ4v) is 2.79. The van der Waals surface area contributed by atoms with E-state index in [2.05, 4.69) is 11.2 Å². The molecule has 1 heterocycles. The number of hydrogen-bond acceptors (Lipinski definition) is 4. The summed E-state index contributed by atoms with van der Waals surface area (Å²) in [5.74, 6) is 0.849. The lowest BCUT2D eigenvalue weighted by Crippen LogP contribution is -2.44. The molecule has 6 heteroatoms. The number of nitrogens with zero attached hydrogens (tertiary/aromatic N) is 1. The molecule has 0 aromatic heterocycles. The van der Waals surface area contributed by atoms with Gasteiger partial charge in [0.1, 0.15) is 0 Å². The number of hydrogen-bond donors (Lipinski definition) is 1. The standard InChI is InChI=1S/C19H22N2O4/c1-5-6-16(21-15(22)11-20-19(21)24)25-18(23)17(12(2)3)14-9-7-13(4)8-10-14/h1,7-10,12,16-17H,6,11H2,2-4H3,(H,20,24). The van der Waals surface area contributed by atoms with E-state index in [1.807, 2.05) is 45.0 Å². The summed E-state index contributed by atoms with van der Waals surface area (Å²) >= 11 is 0. The first-order valence-electron chi connectivity index (χ1n) is 8.15. The molecule has 0 radical (unpaired) electrons. The van der Waals surface area contributed by atoms with Crippen LogP contribution in [-0.2, 0) is 14.3 Å². The van der Waals surface area contributed by atoms with Gasteiger partial charge in [-0.2, -0.15) is 0 Å². The highest BCUT2D eigenvalue weighted by molar-refractivity contribution is 6.02. The van der Waals surface area contributed by atoms with E-state index in [1.54, 1.807) is 0 Å². The molecule has 1 aromatic rings. The normalized spacial score (nSPS) is 16.4. The van der Waals surface area contributed by atoms with E-state index in [1.165, 1.54) is 0 Å². The Morgan fingerprint density at radius 2 is 1.96 bits per heavy atom. The van der Waals surface area contributed by atoms with E-state index < -0.39 is 30.1 Å². The maximum absolute atomic E-state index is 12.8. The monoisotopic (exact) mass is 342 g/mol. The van der Waals surface area contributed by atoms with Crippen LogP contribution in [0.15, 0.2) is 24.3 Å². The molecule has 1 aliphatic heterocycles. The molecular formula is C19H22N2O4. The van der Waals surface area contributed by atoms with Gasteiger partial charge in [-0.25, -0.2) is 9.69 Å². The van der Waals surface area contributed by atoms with Crippen LogP contribution >= 0.6 is 0 Å². The van der Waals surface area contributed by atoms with Gasteiger partial charge in [-0.05, 0) is 18.4 Å². The van der Waals surface area contributed by atoms with Crippen LogP contribution in [0, 0.1) is 25.2 Å². The predicted molar refractivity (Wildman–Crippen MR) is 92.3 cm³/mol. The van der Waals surface area contributed by atoms with Gasteiger partial charge in [0.2, 0.25) is 0 Å². The van der Waals surface area contributed by atoms with Crippen LogP contribution in [-0.4, -0.2) is 35.6 Å². The molecule has 1 fully saturated rings. The van der Waals surface area contributed by atoms with Gasteiger partial charge in [0.25, 0.3) is 5.91 Å².